The maximum Gasteiger partial charge on any atom is 0.337 e. The van der Waals surface area contributed by atoms with Gasteiger partial charge < -0.3 is 9.84 Å². The molecule has 1 aliphatic heterocycles. The molecule has 80 valence electrons. The van der Waals surface area contributed by atoms with E-state index in [0.29, 0.717) is 18.1 Å². The molecule has 0 aliphatic carbocycles. The van der Waals surface area contributed by atoms with Crippen molar-refractivity contribution in [2.75, 3.05) is 6.61 Å². The van der Waals surface area contributed by atoms with Crippen molar-refractivity contribution in [2.24, 2.45) is 0 Å². The molecule has 1 fully saturated rings. The Morgan fingerprint density at radius 3 is 2.73 bits per heavy atom. The number of carboxylic acid groups (broad SMARTS) is 1. The minimum Gasteiger partial charge on any atom is -0.478 e. The minimum atomic E-state index is -1.07. The number of hydrogen-bond donors (Lipinski definition) is 1. The number of epoxide rings is 1. The highest BCUT2D eigenvalue weighted by atomic mass is 35.5. The average Bonchev–Trinajstić information content (AvgIpc) is 2.94. The van der Waals surface area contributed by atoms with Crippen LogP contribution < -0.4 is 0 Å². The zero-order valence-electron chi connectivity index (χ0n) is 7.67. The van der Waals surface area contributed by atoms with Gasteiger partial charge in [-0.1, -0.05) is 23.2 Å². The van der Waals surface area contributed by atoms with Gasteiger partial charge in [-0.15, -0.1) is 0 Å². The fourth-order valence-corrected chi connectivity index (χ4v) is 1.89. The van der Waals surface area contributed by atoms with Gasteiger partial charge in [0.1, 0.15) is 0 Å². The lowest BCUT2D eigenvalue weighted by Crippen LogP contribution is -2.02. The molecular weight excluding hydrogens is 239 g/mol. The summed E-state index contributed by atoms with van der Waals surface area (Å²) in [6.45, 7) is 0.700. The summed E-state index contributed by atoms with van der Waals surface area (Å²) in [5.41, 5.74) is 0.767. The Balaban J connectivity index is 2.39. The molecule has 1 saturated heterocycles. The van der Waals surface area contributed by atoms with Crippen LogP contribution in [0.4, 0.5) is 0 Å². The number of carbonyl (C=O) groups is 1. The molecule has 0 amide bonds. The van der Waals surface area contributed by atoms with Gasteiger partial charge in [-0.3, -0.25) is 0 Å². The first-order valence-electron chi connectivity index (χ1n) is 4.40. The van der Waals surface area contributed by atoms with Gasteiger partial charge in [0.15, 0.2) is 0 Å². The van der Waals surface area contributed by atoms with Crippen LogP contribution in [0.5, 0.6) is 0 Å². The fourth-order valence-electron chi connectivity index (χ4n) is 1.38. The highest BCUT2D eigenvalue weighted by Crippen LogP contribution is 2.29. The van der Waals surface area contributed by atoms with Crippen LogP contribution in [0.3, 0.4) is 0 Å². The Bertz CT molecular complexity index is 413. The molecule has 3 nitrogen and oxygen atoms in total. The van der Waals surface area contributed by atoms with Gasteiger partial charge in [0, 0.05) is 11.4 Å². The van der Waals surface area contributed by atoms with Gasteiger partial charge in [0.05, 0.1) is 23.3 Å². The summed E-state index contributed by atoms with van der Waals surface area (Å²) in [5, 5.41) is 9.52. The van der Waals surface area contributed by atoms with Crippen molar-refractivity contribution in [1.29, 1.82) is 0 Å². The predicted molar refractivity (Wildman–Crippen MR) is 56.9 cm³/mol. The van der Waals surface area contributed by atoms with Crippen LogP contribution in [0.25, 0.3) is 0 Å². The first-order valence-corrected chi connectivity index (χ1v) is 5.16. The topological polar surface area (TPSA) is 49.8 Å². The van der Waals surface area contributed by atoms with Crippen molar-refractivity contribution >= 4 is 29.2 Å². The van der Waals surface area contributed by atoms with Crippen LogP contribution in [-0.4, -0.2) is 23.8 Å². The number of halogens is 2. The Labute approximate surface area is 96.6 Å². The quantitative estimate of drug-likeness (QED) is 0.835. The van der Waals surface area contributed by atoms with Crippen molar-refractivity contribution in [3.63, 3.8) is 0 Å². The van der Waals surface area contributed by atoms with Crippen molar-refractivity contribution in [3.05, 3.63) is 33.3 Å². The molecule has 0 bridgehead atoms. The van der Waals surface area contributed by atoms with E-state index in [-0.39, 0.29) is 16.7 Å². The first-order chi connectivity index (χ1) is 7.08. The largest absolute Gasteiger partial charge is 0.478 e. The van der Waals surface area contributed by atoms with Crippen molar-refractivity contribution in [3.8, 4) is 0 Å². The Morgan fingerprint density at radius 1 is 1.53 bits per heavy atom. The summed E-state index contributed by atoms with van der Waals surface area (Å²) in [5.74, 6) is -1.07. The van der Waals surface area contributed by atoms with Crippen LogP contribution in [0.2, 0.25) is 10.0 Å². The maximum atomic E-state index is 10.9. The highest BCUT2D eigenvalue weighted by Gasteiger charge is 2.25. The zero-order chi connectivity index (χ0) is 11.0. The Kier molecular flexibility index (Phi) is 2.87. The molecular formula is C10H8Cl2O3. The van der Waals surface area contributed by atoms with E-state index in [0.717, 1.165) is 5.56 Å². The standard InChI is InChI=1S/C10H8Cl2O3/c11-6-1-5(2-7-4-15-7)9(12)8(3-6)10(13)14/h1,3,7H,2,4H2,(H,13,14). The number of carboxylic acids is 1. The molecule has 1 atom stereocenters. The van der Waals surface area contributed by atoms with Crippen LogP contribution in [0.1, 0.15) is 15.9 Å². The van der Waals surface area contributed by atoms with Crippen LogP contribution in [0, 0.1) is 0 Å². The second kappa shape index (κ2) is 4.00. The summed E-state index contributed by atoms with van der Waals surface area (Å²) in [4.78, 5) is 10.9. The molecule has 0 spiro atoms. The lowest BCUT2D eigenvalue weighted by Gasteiger charge is -2.06. The molecule has 1 heterocycles. The third-order valence-electron chi connectivity index (χ3n) is 2.19. The molecule has 1 aromatic carbocycles. The zero-order valence-corrected chi connectivity index (χ0v) is 9.18. The molecule has 2 rings (SSSR count). The first kappa shape index (κ1) is 10.7. The number of rotatable bonds is 3. The number of benzene rings is 1. The summed E-state index contributed by atoms with van der Waals surface area (Å²) >= 11 is 11.8. The third-order valence-corrected chi connectivity index (χ3v) is 2.86. The summed E-state index contributed by atoms with van der Waals surface area (Å²) in [7, 11) is 0. The van der Waals surface area contributed by atoms with Gasteiger partial charge in [-0.2, -0.15) is 0 Å². The summed E-state index contributed by atoms with van der Waals surface area (Å²) in [6, 6.07) is 3.03. The highest BCUT2D eigenvalue weighted by molar-refractivity contribution is 6.36. The third kappa shape index (κ3) is 2.43. The molecule has 5 heteroatoms. The SMILES string of the molecule is O=C(O)c1cc(Cl)cc(CC2CO2)c1Cl. The molecule has 1 aliphatic rings. The van der Waals surface area contributed by atoms with Crippen molar-refractivity contribution in [2.45, 2.75) is 12.5 Å². The molecule has 0 radical (unpaired) electrons. The van der Waals surface area contributed by atoms with E-state index in [2.05, 4.69) is 0 Å². The second-order valence-electron chi connectivity index (χ2n) is 3.39. The molecule has 0 aromatic heterocycles. The summed E-state index contributed by atoms with van der Waals surface area (Å²) in [6.07, 6.45) is 0.766. The van der Waals surface area contributed by atoms with E-state index in [1.807, 2.05) is 0 Å². The van der Waals surface area contributed by atoms with Gasteiger partial charge in [-0.05, 0) is 17.7 Å². The molecule has 1 N–H and O–H groups in total. The van der Waals surface area contributed by atoms with Crippen LogP contribution in [0.15, 0.2) is 12.1 Å². The van der Waals surface area contributed by atoms with E-state index < -0.39 is 5.97 Å². The average molecular weight is 247 g/mol. The minimum absolute atomic E-state index is 0.0415. The van der Waals surface area contributed by atoms with E-state index in [4.69, 9.17) is 33.0 Å². The van der Waals surface area contributed by atoms with Gasteiger partial charge in [-0.25, -0.2) is 4.79 Å². The normalized spacial score (nSPS) is 18.9. The number of ether oxygens (including phenoxy) is 1. The van der Waals surface area contributed by atoms with Gasteiger partial charge >= 0.3 is 5.97 Å². The van der Waals surface area contributed by atoms with Crippen molar-refractivity contribution < 1.29 is 14.6 Å². The smallest absolute Gasteiger partial charge is 0.337 e. The fraction of sp³-hybridized carbons (Fsp3) is 0.300. The molecule has 1 aromatic rings. The lowest BCUT2D eigenvalue weighted by atomic mass is 10.1. The van der Waals surface area contributed by atoms with Crippen LogP contribution >= 0.6 is 23.2 Å². The van der Waals surface area contributed by atoms with E-state index >= 15 is 0 Å². The predicted octanol–water partition coefficient (Wildman–Crippen LogP) is 2.63. The Hall–Kier alpha value is -0.770. The summed E-state index contributed by atoms with van der Waals surface area (Å²) < 4.78 is 5.06. The van der Waals surface area contributed by atoms with Crippen LogP contribution in [-0.2, 0) is 11.2 Å². The number of aromatic carboxylic acids is 1. The van der Waals surface area contributed by atoms with E-state index in [1.54, 1.807) is 6.07 Å². The van der Waals surface area contributed by atoms with Crippen molar-refractivity contribution in [1.82, 2.24) is 0 Å². The molecule has 15 heavy (non-hydrogen) atoms. The maximum absolute atomic E-state index is 10.9. The monoisotopic (exact) mass is 246 g/mol. The van der Waals surface area contributed by atoms with E-state index in [9.17, 15) is 4.79 Å². The van der Waals surface area contributed by atoms with Gasteiger partial charge in [0.2, 0.25) is 0 Å². The second-order valence-corrected chi connectivity index (χ2v) is 4.21. The number of hydrogen-bond acceptors (Lipinski definition) is 2. The molecule has 0 saturated carbocycles. The van der Waals surface area contributed by atoms with Gasteiger partial charge in [0.25, 0.3) is 0 Å². The molecule has 1 unspecified atom stereocenters. The lowest BCUT2D eigenvalue weighted by molar-refractivity contribution is 0.0697. The Morgan fingerprint density at radius 2 is 2.20 bits per heavy atom. The van der Waals surface area contributed by atoms with E-state index in [1.165, 1.54) is 6.07 Å².